The Morgan fingerprint density at radius 2 is 1.77 bits per heavy atom. The highest BCUT2D eigenvalue weighted by Crippen LogP contribution is 2.18. The summed E-state index contributed by atoms with van der Waals surface area (Å²) in [7, 11) is 0. The summed E-state index contributed by atoms with van der Waals surface area (Å²) in [5.74, 6) is -0.181. The van der Waals surface area contributed by atoms with Gasteiger partial charge in [0.15, 0.2) is 0 Å². The van der Waals surface area contributed by atoms with Crippen molar-refractivity contribution in [1.29, 1.82) is 0 Å². The molecule has 1 saturated carbocycles. The molecule has 0 radical (unpaired) electrons. The van der Waals surface area contributed by atoms with Crippen LogP contribution >= 0.6 is 0 Å². The fourth-order valence-electron chi connectivity index (χ4n) is 2.82. The molecule has 0 aromatic heterocycles. The van der Waals surface area contributed by atoms with Gasteiger partial charge in [-0.25, -0.2) is 0 Å². The van der Waals surface area contributed by atoms with Crippen LogP contribution in [0.5, 0.6) is 0 Å². The summed E-state index contributed by atoms with van der Waals surface area (Å²) in [5, 5.41) is 5.95. The number of hydrogen-bond donors (Lipinski definition) is 2. The smallest absolute Gasteiger partial charge is 0.251 e. The van der Waals surface area contributed by atoms with Gasteiger partial charge in [-0.1, -0.05) is 38.7 Å². The molecule has 1 aliphatic carbocycles. The van der Waals surface area contributed by atoms with E-state index in [2.05, 4.69) is 17.6 Å². The maximum Gasteiger partial charge on any atom is 0.251 e. The maximum absolute atomic E-state index is 12.2. The molecule has 0 bridgehead atoms. The number of hydrogen-bond acceptors (Lipinski definition) is 2. The molecular weight excluding hydrogens is 276 g/mol. The summed E-state index contributed by atoms with van der Waals surface area (Å²) >= 11 is 0. The topological polar surface area (TPSA) is 58.2 Å². The van der Waals surface area contributed by atoms with E-state index in [1.54, 1.807) is 24.3 Å². The van der Waals surface area contributed by atoms with Crippen LogP contribution in [0.3, 0.4) is 0 Å². The summed E-state index contributed by atoms with van der Waals surface area (Å²) in [5.41, 5.74) is 1.11. The molecule has 1 fully saturated rings. The van der Waals surface area contributed by atoms with E-state index in [0.717, 1.165) is 32.1 Å². The SMILES string of the molecule is CCCCCNC(=O)c1cccc(C(=O)NC2CCCC2)c1. The molecule has 0 unspecified atom stereocenters. The van der Waals surface area contributed by atoms with Gasteiger partial charge in [-0.05, 0) is 37.5 Å². The maximum atomic E-state index is 12.2. The molecule has 1 aromatic rings. The second-order valence-corrected chi connectivity index (χ2v) is 6.00. The molecule has 0 aliphatic heterocycles. The van der Waals surface area contributed by atoms with E-state index in [1.807, 2.05) is 0 Å². The predicted molar refractivity (Wildman–Crippen MR) is 88.0 cm³/mol. The monoisotopic (exact) mass is 302 g/mol. The zero-order valence-corrected chi connectivity index (χ0v) is 13.4. The van der Waals surface area contributed by atoms with Crippen LogP contribution in [-0.2, 0) is 0 Å². The van der Waals surface area contributed by atoms with Crippen molar-refractivity contribution in [3.63, 3.8) is 0 Å². The van der Waals surface area contributed by atoms with Gasteiger partial charge in [0.25, 0.3) is 11.8 Å². The lowest BCUT2D eigenvalue weighted by Crippen LogP contribution is -2.32. The minimum absolute atomic E-state index is 0.0764. The second kappa shape index (κ2) is 8.57. The molecule has 0 saturated heterocycles. The van der Waals surface area contributed by atoms with Crippen molar-refractivity contribution < 1.29 is 9.59 Å². The van der Waals surface area contributed by atoms with Crippen LogP contribution in [0.4, 0.5) is 0 Å². The van der Waals surface area contributed by atoms with E-state index in [1.165, 1.54) is 12.8 Å². The third-order valence-electron chi connectivity index (χ3n) is 4.14. The Kier molecular flexibility index (Phi) is 6.44. The fraction of sp³-hybridized carbons (Fsp3) is 0.556. The highest BCUT2D eigenvalue weighted by Gasteiger charge is 2.18. The average molecular weight is 302 g/mol. The highest BCUT2D eigenvalue weighted by atomic mass is 16.2. The van der Waals surface area contributed by atoms with E-state index < -0.39 is 0 Å². The number of carbonyl (C=O) groups is 2. The van der Waals surface area contributed by atoms with E-state index >= 15 is 0 Å². The van der Waals surface area contributed by atoms with Gasteiger partial charge in [-0.2, -0.15) is 0 Å². The van der Waals surface area contributed by atoms with Gasteiger partial charge in [0.05, 0.1) is 0 Å². The number of amides is 2. The zero-order valence-electron chi connectivity index (χ0n) is 13.4. The summed E-state index contributed by atoms with van der Waals surface area (Å²) in [6, 6.07) is 7.25. The van der Waals surface area contributed by atoms with E-state index in [0.29, 0.717) is 23.7 Å². The van der Waals surface area contributed by atoms with Crippen molar-refractivity contribution in [2.75, 3.05) is 6.54 Å². The van der Waals surface area contributed by atoms with Crippen LogP contribution in [0.25, 0.3) is 0 Å². The van der Waals surface area contributed by atoms with Crippen molar-refractivity contribution in [3.8, 4) is 0 Å². The lowest BCUT2D eigenvalue weighted by Gasteiger charge is -2.12. The molecule has 0 heterocycles. The van der Waals surface area contributed by atoms with Crippen LogP contribution in [0.2, 0.25) is 0 Å². The van der Waals surface area contributed by atoms with Crippen molar-refractivity contribution >= 4 is 11.8 Å². The van der Waals surface area contributed by atoms with Crippen LogP contribution in [-0.4, -0.2) is 24.4 Å². The minimum Gasteiger partial charge on any atom is -0.352 e. The third kappa shape index (κ3) is 4.86. The van der Waals surface area contributed by atoms with Gasteiger partial charge in [-0.15, -0.1) is 0 Å². The van der Waals surface area contributed by atoms with Gasteiger partial charge in [0.2, 0.25) is 0 Å². The van der Waals surface area contributed by atoms with Gasteiger partial charge in [0, 0.05) is 23.7 Å². The second-order valence-electron chi connectivity index (χ2n) is 6.00. The van der Waals surface area contributed by atoms with Crippen LogP contribution in [0.1, 0.15) is 72.6 Å². The number of unbranched alkanes of at least 4 members (excludes halogenated alkanes) is 2. The normalized spacial score (nSPS) is 14.8. The Labute approximate surface area is 132 Å². The molecule has 1 aliphatic rings. The molecule has 1 aromatic carbocycles. The first-order chi connectivity index (χ1) is 10.7. The lowest BCUT2D eigenvalue weighted by molar-refractivity contribution is 0.0938. The Hall–Kier alpha value is -1.84. The molecule has 2 rings (SSSR count). The Morgan fingerprint density at radius 3 is 2.45 bits per heavy atom. The Morgan fingerprint density at radius 1 is 1.09 bits per heavy atom. The minimum atomic E-state index is -0.105. The van der Waals surface area contributed by atoms with Crippen LogP contribution in [0, 0.1) is 0 Å². The number of rotatable bonds is 7. The van der Waals surface area contributed by atoms with Gasteiger partial charge >= 0.3 is 0 Å². The number of nitrogens with one attached hydrogen (secondary N) is 2. The number of carbonyl (C=O) groups excluding carboxylic acids is 2. The van der Waals surface area contributed by atoms with E-state index in [-0.39, 0.29) is 11.8 Å². The largest absolute Gasteiger partial charge is 0.352 e. The van der Waals surface area contributed by atoms with E-state index in [4.69, 9.17) is 0 Å². The first kappa shape index (κ1) is 16.5. The zero-order chi connectivity index (χ0) is 15.8. The summed E-state index contributed by atoms with van der Waals surface area (Å²) in [4.78, 5) is 24.3. The van der Waals surface area contributed by atoms with Gasteiger partial charge in [0.1, 0.15) is 0 Å². The predicted octanol–water partition coefficient (Wildman–Crippen LogP) is 3.28. The Balaban J connectivity index is 1.90. The molecular formula is C18H26N2O2. The number of benzene rings is 1. The first-order valence-electron chi connectivity index (χ1n) is 8.40. The van der Waals surface area contributed by atoms with Crippen molar-refractivity contribution in [3.05, 3.63) is 35.4 Å². The van der Waals surface area contributed by atoms with Gasteiger partial charge < -0.3 is 10.6 Å². The molecule has 4 heteroatoms. The molecule has 2 amide bonds. The third-order valence-corrected chi connectivity index (χ3v) is 4.14. The molecule has 2 N–H and O–H groups in total. The molecule has 0 atom stereocenters. The molecule has 4 nitrogen and oxygen atoms in total. The highest BCUT2D eigenvalue weighted by molar-refractivity contribution is 5.99. The van der Waals surface area contributed by atoms with Crippen molar-refractivity contribution in [1.82, 2.24) is 10.6 Å². The van der Waals surface area contributed by atoms with E-state index in [9.17, 15) is 9.59 Å². The van der Waals surface area contributed by atoms with Gasteiger partial charge in [-0.3, -0.25) is 9.59 Å². The van der Waals surface area contributed by atoms with Crippen LogP contribution < -0.4 is 10.6 Å². The van der Waals surface area contributed by atoms with Crippen molar-refractivity contribution in [2.45, 2.75) is 57.9 Å². The summed E-state index contributed by atoms with van der Waals surface area (Å²) in [6.45, 7) is 2.82. The summed E-state index contributed by atoms with van der Waals surface area (Å²) in [6.07, 6.45) is 7.73. The standard InChI is InChI=1S/C18H26N2O2/c1-2-3-6-12-19-17(21)14-8-7-9-15(13-14)18(22)20-16-10-4-5-11-16/h7-9,13,16H,2-6,10-12H2,1H3,(H,19,21)(H,20,22). The first-order valence-corrected chi connectivity index (χ1v) is 8.40. The fourth-order valence-corrected chi connectivity index (χ4v) is 2.82. The molecule has 22 heavy (non-hydrogen) atoms. The van der Waals surface area contributed by atoms with Crippen molar-refractivity contribution in [2.24, 2.45) is 0 Å². The molecule has 120 valence electrons. The Bertz CT molecular complexity index is 508. The van der Waals surface area contributed by atoms with Crippen LogP contribution in [0.15, 0.2) is 24.3 Å². The molecule has 0 spiro atoms. The lowest BCUT2D eigenvalue weighted by atomic mass is 10.1. The quantitative estimate of drug-likeness (QED) is 0.759. The summed E-state index contributed by atoms with van der Waals surface area (Å²) < 4.78 is 0. The average Bonchev–Trinajstić information content (AvgIpc) is 3.04.